The molecule has 1 aromatic rings. The Bertz CT molecular complexity index is 372. The minimum Gasteiger partial charge on any atom is -0.251 e. The van der Waals surface area contributed by atoms with Crippen molar-refractivity contribution in [1.82, 2.24) is 0 Å². The molecule has 1 aromatic carbocycles. The lowest BCUT2D eigenvalue weighted by molar-refractivity contribution is 0.426. The number of hydrogen-bond donors (Lipinski definition) is 0. The lowest BCUT2D eigenvalue weighted by Gasteiger charge is -2.05. The summed E-state index contributed by atoms with van der Waals surface area (Å²) in [5, 5.41) is 6.04. The number of nitroso groups, excluding NO2 is 1. The van der Waals surface area contributed by atoms with Crippen LogP contribution in [0.5, 0.6) is 0 Å². The third-order valence-electron chi connectivity index (χ3n) is 1.91. The van der Waals surface area contributed by atoms with E-state index >= 15 is 0 Å². The average Bonchev–Trinajstić information content (AvgIpc) is 2.29. The fourth-order valence-electron chi connectivity index (χ4n) is 1.16. The summed E-state index contributed by atoms with van der Waals surface area (Å²) in [6.45, 7) is -0.697. The number of azide groups is 1. The van der Waals surface area contributed by atoms with Crippen LogP contribution in [0, 0.1) is 4.91 Å². The van der Waals surface area contributed by atoms with Crippen LogP contribution in [0.1, 0.15) is 5.56 Å². The molecule has 0 saturated heterocycles. The Morgan fingerprint density at radius 2 is 2.07 bits per heavy atom. The SMILES string of the molecule is [N-]=[N+]=NC(CF)Cc1ccc(N=O)cc1. The summed E-state index contributed by atoms with van der Waals surface area (Å²) < 4.78 is 12.3. The van der Waals surface area contributed by atoms with Crippen molar-refractivity contribution in [2.24, 2.45) is 10.3 Å². The third kappa shape index (κ3) is 3.36. The van der Waals surface area contributed by atoms with Gasteiger partial charge < -0.3 is 0 Å². The number of nitrogens with zero attached hydrogens (tertiary/aromatic N) is 4. The van der Waals surface area contributed by atoms with Gasteiger partial charge in [-0.2, -0.15) is 0 Å². The molecule has 6 heteroatoms. The Hall–Kier alpha value is -1.94. The molecule has 0 N–H and O–H groups in total. The van der Waals surface area contributed by atoms with E-state index < -0.39 is 12.7 Å². The summed E-state index contributed by atoms with van der Waals surface area (Å²) >= 11 is 0. The second-order valence-electron chi connectivity index (χ2n) is 2.97. The van der Waals surface area contributed by atoms with Crippen LogP contribution in [0.3, 0.4) is 0 Å². The summed E-state index contributed by atoms with van der Waals surface area (Å²) in [4.78, 5) is 12.7. The van der Waals surface area contributed by atoms with Gasteiger partial charge in [0.15, 0.2) is 0 Å². The number of hydrogen-bond acceptors (Lipinski definition) is 3. The topological polar surface area (TPSA) is 78.2 Å². The van der Waals surface area contributed by atoms with E-state index in [1.54, 1.807) is 12.1 Å². The number of alkyl halides is 1. The number of rotatable bonds is 5. The van der Waals surface area contributed by atoms with Crippen LogP contribution in [-0.4, -0.2) is 12.7 Å². The molecule has 78 valence electrons. The van der Waals surface area contributed by atoms with Gasteiger partial charge in [-0.25, -0.2) is 0 Å². The minimum atomic E-state index is -0.697. The van der Waals surface area contributed by atoms with Crippen LogP contribution in [-0.2, 0) is 6.42 Å². The van der Waals surface area contributed by atoms with Gasteiger partial charge in [0.2, 0.25) is 0 Å². The molecular formula is C9H9FN4O. The van der Waals surface area contributed by atoms with Gasteiger partial charge >= 0.3 is 0 Å². The highest BCUT2D eigenvalue weighted by molar-refractivity contribution is 5.38. The molecule has 0 aromatic heterocycles. The largest absolute Gasteiger partial charge is 0.251 e. The number of benzene rings is 1. The lowest BCUT2D eigenvalue weighted by Crippen LogP contribution is -2.09. The summed E-state index contributed by atoms with van der Waals surface area (Å²) in [7, 11) is 0. The molecule has 5 nitrogen and oxygen atoms in total. The molecule has 0 aliphatic heterocycles. The first-order valence-electron chi connectivity index (χ1n) is 4.32. The van der Waals surface area contributed by atoms with E-state index in [1.165, 1.54) is 12.1 Å². The molecule has 0 saturated carbocycles. The van der Waals surface area contributed by atoms with Gasteiger partial charge in [-0.15, -0.1) is 4.91 Å². The molecule has 0 bridgehead atoms. The van der Waals surface area contributed by atoms with Crippen molar-refractivity contribution in [2.45, 2.75) is 12.5 Å². The fourth-order valence-corrected chi connectivity index (χ4v) is 1.16. The second kappa shape index (κ2) is 5.72. The zero-order valence-electron chi connectivity index (χ0n) is 7.88. The van der Waals surface area contributed by atoms with E-state index in [1.807, 2.05) is 0 Å². The van der Waals surface area contributed by atoms with E-state index in [9.17, 15) is 9.30 Å². The van der Waals surface area contributed by atoms with Gasteiger partial charge in [-0.05, 0) is 34.8 Å². The zero-order valence-corrected chi connectivity index (χ0v) is 7.88. The fraction of sp³-hybridized carbons (Fsp3) is 0.333. The first-order valence-corrected chi connectivity index (χ1v) is 4.32. The van der Waals surface area contributed by atoms with Crippen molar-refractivity contribution in [3.8, 4) is 0 Å². The van der Waals surface area contributed by atoms with Gasteiger partial charge in [0.05, 0.1) is 12.7 Å². The van der Waals surface area contributed by atoms with Gasteiger partial charge in [0.1, 0.15) is 5.69 Å². The molecule has 0 radical (unpaired) electrons. The zero-order chi connectivity index (χ0) is 11.1. The van der Waals surface area contributed by atoms with E-state index in [0.29, 0.717) is 12.1 Å². The molecule has 1 unspecified atom stereocenters. The molecule has 0 heterocycles. The molecule has 0 fully saturated rings. The first-order chi connectivity index (χ1) is 7.30. The number of halogens is 1. The average molecular weight is 208 g/mol. The Labute approximate surface area is 85.5 Å². The quantitative estimate of drug-likeness (QED) is 0.316. The molecule has 0 aliphatic rings. The van der Waals surface area contributed by atoms with Crippen molar-refractivity contribution in [3.05, 3.63) is 45.2 Å². The lowest BCUT2D eigenvalue weighted by atomic mass is 10.1. The van der Waals surface area contributed by atoms with Crippen LogP contribution < -0.4 is 0 Å². The van der Waals surface area contributed by atoms with Gasteiger partial charge in [0.25, 0.3) is 0 Å². The smallest absolute Gasteiger partial charge is 0.108 e. The Morgan fingerprint density at radius 1 is 1.40 bits per heavy atom. The highest BCUT2D eigenvalue weighted by Gasteiger charge is 2.06. The maximum Gasteiger partial charge on any atom is 0.108 e. The van der Waals surface area contributed by atoms with Crippen LogP contribution in [0.4, 0.5) is 10.1 Å². The molecule has 0 amide bonds. The van der Waals surface area contributed by atoms with Gasteiger partial charge in [0, 0.05) is 4.91 Å². The third-order valence-corrected chi connectivity index (χ3v) is 1.91. The predicted molar refractivity (Wildman–Crippen MR) is 54.5 cm³/mol. The summed E-state index contributed by atoms with van der Waals surface area (Å²) in [6, 6.07) is 5.70. The minimum absolute atomic E-state index is 0.319. The molecule has 15 heavy (non-hydrogen) atoms. The van der Waals surface area contributed by atoms with Crippen molar-refractivity contribution in [3.63, 3.8) is 0 Å². The van der Waals surface area contributed by atoms with Crippen LogP contribution in [0.25, 0.3) is 10.4 Å². The molecule has 0 aliphatic carbocycles. The molecule has 1 rings (SSSR count). The highest BCUT2D eigenvalue weighted by atomic mass is 19.1. The van der Waals surface area contributed by atoms with Crippen LogP contribution >= 0.6 is 0 Å². The molecule has 0 spiro atoms. The van der Waals surface area contributed by atoms with E-state index in [-0.39, 0.29) is 0 Å². The summed E-state index contributed by atoms with van der Waals surface area (Å²) in [6.07, 6.45) is 0.319. The summed E-state index contributed by atoms with van der Waals surface area (Å²) in [5.74, 6) is 0. The van der Waals surface area contributed by atoms with Crippen molar-refractivity contribution < 1.29 is 4.39 Å². The van der Waals surface area contributed by atoms with Crippen LogP contribution in [0.15, 0.2) is 34.6 Å². The van der Waals surface area contributed by atoms with E-state index in [4.69, 9.17) is 5.53 Å². The molecule has 1 atom stereocenters. The maximum atomic E-state index is 12.3. The van der Waals surface area contributed by atoms with E-state index in [2.05, 4.69) is 15.2 Å². The Morgan fingerprint density at radius 3 is 2.53 bits per heavy atom. The standard InChI is InChI=1S/C9H9FN4O/c10-6-9(12-14-11)5-7-1-3-8(13-15)4-2-7/h1-4,9H,5-6H2. The monoisotopic (exact) mass is 208 g/mol. The van der Waals surface area contributed by atoms with Crippen molar-refractivity contribution in [2.75, 3.05) is 6.67 Å². The van der Waals surface area contributed by atoms with Crippen molar-refractivity contribution in [1.29, 1.82) is 0 Å². The van der Waals surface area contributed by atoms with Crippen LogP contribution in [0.2, 0.25) is 0 Å². The highest BCUT2D eigenvalue weighted by Crippen LogP contribution is 2.14. The Balaban J connectivity index is 2.70. The van der Waals surface area contributed by atoms with Gasteiger partial charge in [-0.3, -0.25) is 4.39 Å². The summed E-state index contributed by atoms with van der Waals surface area (Å²) in [5.41, 5.74) is 9.29. The van der Waals surface area contributed by atoms with E-state index in [0.717, 1.165) is 5.56 Å². The van der Waals surface area contributed by atoms with Gasteiger partial charge in [-0.1, -0.05) is 17.2 Å². The first kappa shape index (κ1) is 11.1. The second-order valence-corrected chi connectivity index (χ2v) is 2.97. The Kier molecular flexibility index (Phi) is 4.25. The van der Waals surface area contributed by atoms with Crippen molar-refractivity contribution >= 4 is 5.69 Å². The molecular weight excluding hydrogens is 199 g/mol. The normalized spacial score (nSPS) is 11.5. The predicted octanol–water partition coefficient (Wildman–Crippen LogP) is 3.28. The maximum absolute atomic E-state index is 12.3.